The number of hydrogen-bond acceptors (Lipinski definition) is 2. The van der Waals surface area contributed by atoms with Gasteiger partial charge in [-0.25, -0.2) is 0 Å². The molecule has 19 heavy (non-hydrogen) atoms. The van der Waals surface area contributed by atoms with E-state index in [1.165, 1.54) is 5.56 Å². The summed E-state index contributed by atoms with van der Waals surface area (Å²) in [4.78, 5) is 4.33. The van der Waals surface area contributed by atoms with Crippen molar-refractivity contribution in [2.45, 2.75) is 19.9 Å². The van der Waals surface area contributed by atoms with Crippen LogP contribution in [0.1, 0.15) is 23.6 Å². The fraction of sp³-hybridized carbons (Fsp3) is 0.188. The number of aromatic hydroxyl groups is 1. The summed E-state index contributed by atoms with van der Waals surface area (Å²) < 4.78 is 0. The lowest BCUT2D eigenvalue weighted by molar-refractivity contribution is 0.474. The highest BCUT2D eigenvalue weighted by molar-refractivity contribution is 6.30. The molecule has 0 aromatic heterocycles. The van der Waals surface area contributed by atoms with E-state index in [1.807, 2.05) is 0 Å². The average Bonchev–Trinajstić information content (AvgIpc) is 2.43. The Kier molecular flexibility index (Phi) is 4.58. The Morgan fingerprint density at radius 1 is 1.11 bits per heavy atom. The molecule has 3 heteroatoms. The zero-order valence-corrected chi connectivity index (χ0v) is 11.6. The van der Waals surface area contributed by atoms with E-state index in [4.69, 9.17) is 11.6 Å². The van der Waals surface area contributed by atoms with Gasteiger partial charge in [0.05, 0.1) is 6.54 Å². The van der Waals surface area contributed by atoms with E-state index in [0.717, 1.165) is 12.0 Å². The van der Waals surface area contributed by atoms with Gasteiger partial charge in [-0.1, -0.05) is 42.8 Å². The first kappa shape index (κ1) is 13.6. The third kappa shape index (κ3) is 3.83. The van der Waals surface area contributed by atoms with Crippen molar-refractivity contribution in [3.8, 4) is 5.75 Å². The van der Waals surface area contributed by atoms with Crippen molar-refractivity contribution in [3.63, 3.8) is 0 Å². The van der Waals surface area contributed by atoms with E-state index >= 15 is 0 Å². The number of hydrogen-bond donors (Lipinski definition) is 1. The van der Waals surface area contributed by atoms with Gasteiger partial charge in [0.25, 0.3) is 0 Å². The van der Waals surface area contributed by atoms with Gasteiger partial charge in [-0.05, 0) is 35.7 Å². The van der Waals surface area contributed by atoms with Crippen LogP contribution in [0.4, 0.5) is 0 Å². The summed E-state index contributed by atoms with van der Waals surface area (Å²) in [6, 6.07) is 13.3. The maximum absolute atomic E-state index is 9.65. The third-order valence-electron chi connectivity index (χ3n) is 2.93. The monoisotopic (exact) mass is 273 g/mol. The molecule has 2 rings (SSSR count). The predicted octanol–water partition coefficient (Wildman–Crippen LogP) is 4.23. The summed E-state index contributed by atoms with van der Waals surface area (Å²) >= 11 is 5.87. The van der Waals surface area contributed by atoms with Gasteiger partial charge >= 0.3 is 0 Å². The molecule has 0 saturated heterocycles. The molecule has 1 N–H and O–H groups in total. The van der Waals surface area contributed by atoms with E-state index in [2.05, 4.69) is 36.2 Å². The van der Waals surface area contributed by atoms with Gasteiger partial charge in [-0.3, -0.25) is 4.99 Å². The Hall–Kier alpha value is -1.80. The van der Waals surface area contributed by atoms with Crippen LogP contribution in [0.2, 0.25) is 5.02 Å². The summed E-state index contributed by atoms with van der Waals surface area (Å²) in [6.45, 7) is 2.73. The molecular weight excluding hydrogens is 258 g/mol. The van der Waals surface area contributed by atoms with Crippen molar-refractivity contribution >= 4 is 17.8 Å². The normalized spacial score (nSPS) is 11.1. The molecule has 0 aliphatic rings. The van der Waals surface area contributed by atoms with Crippen molar-refractivity contribution < 1.29 is 5.11 Å². The van der Waals surface area contributed by atoms with Crippen LogP contribution in [0, 0.1) is 0 Å². The smallest absolute Gasteiger partial charge is 0.124 e. The molecule has 0 unspecified atom stereocenters. The molecule has 0 spiro atoms. The molecule has 0 heterocycles. The first-order valence-electron chi connectivity index (χ1n) is 6.25. The zero-order chi connectivity index (χ0) is 13.7. The molecule has 2 aromatic carbocycles. The van der Waals surface area contributed by atoms with Crippen LogP contribution >= 0.6 is 11.6 Å². The number of phenols is 1. The molecule has 0 saturated carbocycles. The second-order valence-electron chi connectivity index (χ2n) is 4.34. The highest BCUT2D eigenvalue weighted by Gasteiger charge is 1.98. The molecule has 2 aromatic rings. The Morgan fingerprint density at radius 3 is 2.47 bits per heavy atom. The molecule has 0 atom stereocenters. The van der Waals surface area contributed by atoms with Gasteiger partial charge in [0.15, 0.2) is 0 Å². The van der Waals surface area contributed by atoms with Gasteiger partial charge in [-0.15, -0.1) is 0 Å². The molecule has 2 nitrogen and oxygen atoms in total. The maximum Gasteiger partial charge on any atom is 0.124 e. The second kappa shape index (κ2) is 6.39. The lowest BCUT2D eigenvalue weighted by Crippen LogP contribution is -1.87. The predicted molar refractivity (Wildman–Crippen MR) is 80.2 cm³/mol. The van der Waals surface area contributed by atoms with Gasteiger partial charge < -0.3 is 5.11 Å². The van der Waals surface area contributed by atoms with Gasteiger partial charge in [0, 0.05) is 16.8 Å². The number of halogens is 1. The van der Waals surface area contributed by atoms with Crippen LogP contribution in [-0.4, -0.2) is 11.3 Å². The Bertz CT molecular complexity index is 576. The minimum Gasteiger partial charge on any atom is -0.507 e. The summed E-state index contributed by atoms with van der Waals surface area (Å²) in [5, 5.41) is 10.2. The molecule has 0 radical (unpaired) electrons. The van der Waals surface area contributed by atoms with Crippen LogP contribution in [0.15, 0.2) is 47.5 Å². The number of rotatable bonds is 4. The first-order valence-corrected chi connectivity index (χ1v) is 6.63. The van der Waals surface area contributed by atoms with Gasteiger partial charge in [0.2, 0.25) is 0 Å². The van der Waals surface area contributed by atoms with Crippen LogP contribution in [-0.2, 0) is 13.0 Å². The standard InChI is InChI=1S/C16H16ClNO/c1-2-12-3-5-13(6-4-12)10-18-11-14-9-15(17)7-8-16(14)19/h3-9,11,19H,2,10H2,1H3. The van der Waals surface area contributed by atoms with Gasteiger partial charge in [0.1, 0.15) is 5.75 Å². The number of benzene rings is 2. The summed E-state index contributed by atoms with van der Waals surface area (Å²) in [5.41, 5.74) is 3.10. The lowest BCUT2D eigenvalue weighted by Gasteiger charge is -2.01. The third-order valence-corrected chi connectivity index (χ3v) is 3.16. The molecule has 0 bridgehead atoms. The van der Waals surface area contributed by atoms with E-state index in [-0.39, 0.29) is 5.75 Å². The summed E-state index contributed by atoms with van der Waals surface area (Å²) in [7, 11) is 0. The highest BCUT2D eigenvalue weighted by atomic mass is 35.5. The van der Waals surface area contributed by atoms with Crippen molar-refractivity contribution in [3.05, 3.63) is 64.2 Å². The number of nitrogens with zero attached hydrogens (tertiary/aromatic N) is 1. The van der Waals surface area contributed by atoms with E-state index < -0.39 is 0 Å². The van der Waals surface area contributed by atoms with Crippen molar-refractivity contribution in [2.75, 3.05) is 0 Å². The van der Waals surface area contributed by atoms with E-state index in [0.29, 0.717) is 17.1 Å². The van der Waals surface area contributed by atoms with Crippen molar-refractivity contribution in [2.24, 2.45) is 4.99 Å². The van der Waals surface area contributed by atoms with Crippen molar-refractivity contribution in [1.82, 2.24) is 0 Å². The first-order chi connectivity index (χ1) is 9.19. The number of aliphatic imine (C=N–C) groups is 1. The molecule has 0 aliphatic carbocycles. The fourth-order valence-electron chi connectivity index (χ4n) is 1.76. The Morgan fingerprint density at radius 2 is 1.79 bits per heavy atom. The maximum atomic E-state index is 9.65. The zero-order valence-electron chi connectivity index (χ0n) is 10.8. The van der Waals surface area contributed by atoms with Crippen LogP contribution in [0.25, 0.3) is 0 Å². The minimum atomic E-state index is 0.189. The molecule has 0 amide bonds. The quantitative estimate of drug-likeness (QED) is 0.831. The van der Waals surface area contributed by atoms with Gasteiger partial charge in [-0.2, -0.15) is 0 Å². The molecular formula is C16H16ClNO. The number of phenolic OH excluding ortho intramolecular Hbond substituents is 1. The summed E-state index contributed by atoms with van der Waals surface area (Å²) in [5.74, 6) is 0.189. The van der Waals surface area contributed by atoms with E-state index in [1.54, 1.807) is 24.4 Å². The Balaban J connectivity index is 2.04. The minimum absolute atomic E-state index is 0.189. The molecule has 0 fully saturated rings. The van der Waals surface area contributed by atoms with Crippen LogP contribution in [0.5, 0.6) is 5.75 Å². The van der Waals surface area contributed by atoms with Crippen LogP contribution < -0.4 is 0 Å². The topological polar surface area (TPSA) is 32.6 Å². The largest absolute Gasteiger partial charge is 0.507 e. The van der Waals surface area contributed by atoms with E-state index in [9.17, 15) is 5.11 Å². The summed E-state index contributed by atoms with van der Waals surface area (Å²) in [6.07, 6.45) is 2.69. The number of aryl methyl sites for hydroxylation is 1. The molecule has 0 aliphatic heterocycles. The lowest BCUT2D eigenvalue weighted by atomic mass is 10.1. The second-order valence-corrected chi connectivity index (χ2v) is 4.78. The highest BCUT2D eigenvalue weighted by Crippen LogP contribution is 2.19. The van der Waals surface area contributed by atoms with Crippen LogP contribution in [0.3, 0.4) is 0 Å². The fourth-order valence-corrected chi connectivity index (χ4v) is 1.94. The molecule has 98 valence electrons. The average molecular weight is 274 g/mol. The SMILES string of the molecule is CCc1ccc(CN=Cc2cc(Cl)ccc2O)cc1. The Labute approximate surface area is 118 Å². The van der Waals surface area contributed by atoms with Crippen molar-refractivity contribution in [1.29, 1.82) is 0 Å².